The number of hydrogen-bond acceptors (Lipinski definition) is 5. The van der Waals surface area contributed by atoms with Crippen LogP contribution in [0.1, 0.15) is 41.9 Å². The van der Waals surface area contributed by atoms with Crippen LogP contribution in [0.3, 0.4) is 0 Å². The number of hydrogen-bond donors (Lipinski definition) is 1. The maximum absolute atomic E-state index is 13.9. The van der Waals surface area contributed by atoms with Gasteiger partial charge in [0.25, 0.3) is 0 Å². The third-order valence-corrected chi connectivity index (χ3v) is 6.27. The molecule has 0 saturated carbocycles. The van der Waals surface area contributed by atoms with Crippen molar-refractivity contribution in [3.63, 3.8) is 0 Å². The summed E-state index contributed by atoms with van der Waals surface area (Å²) in [5.74, 6) is 0.575. The van der Waals surface area contributed by atoms with Gasteiger partial charge in [0.15, 0.2) is 0 Å². The minimum Gasteiger partial charge on any atom is -0.490 e. The number of β-amino-alcohol motifs (C(OH)–C–C–N with tert-alkyl or cyclic N) is 1. The van der Waals surface area contributed by atoms with Crippen LogP contribution in [0.25, 0.3) is 6.08 Å². The van der Waals surface area contributed by atoms with Gasteiger partial charge in [0.2, 0.25) is 0 Å². The molecule has 2 aromatic rings. The van der Waals surface area contributed by atoms with Crippen LogP contribution in [0.5, 0.6) is 5.75 Å². The van der Waals surface area contributed by atoms with Gasteiger partial charge in [-0.05, 0) is 68.1 Å². The quantitative estimate of drug-likeness (QED) is 0.520. The fourth-order valence-electron chi connectivity index (χ4n) is 4.35. The van der Waals surface area contributed by atoms with Crippen LogP contribution in [-0.2, 0) is 9.53 Å². The molecule has 2 aromatic carbocycles. The number of benzene rings is 2. The fourth-order valence-corrected chi connectivity index (χ4v) is 4.35. The molecule has 0 amide bonds. The number of halogens is 1. The Morgan fingerprint density at radius 3 is 2.75 bits per heavy atom. The van der Waals surface area contributed by atoms with Crippen LogP contribution in [0.15, 0.2) is 48.0 Å². The Balaban J connectivity index is 1.27. The average molecular weight is 440 g/mol. The van der Waals surface area contributed by atoms with Crippen molar-refractivity contribution in [2.75, 3.05) is 32.8 Å². The number of piperidine rings is 1. The number of nitrogens with zero attached hydrogens (tertiary/aromatic N) is 1. The van der Waals surface area contributed by atoms with E-state index in [1.165, 1.54) is 0 Å². The summed E-state index contributed by atoms with van der Waals surface area (Å²) in [7, 11) is 0. The van der Waals surface area contributed by atoms with E-state index in [0.717, 1.165) is 37.1 Å². The van der Waals surface area contributed by atoms with Gasteiger partial charge < -0.3 is 19.5 Å². The lowest BCUT2D eigenvalue weighted by Gasteiger charge is -2.33. The van der Waals surface area contributed by atoms with Gasteiger partial charge in [-0.25, -0.2) is 9.18 Å². The molecule has 4 rings (SSSR count). The molecule has 1 N–H and O–H groups in total. The summed E-state index contributed by atoms with van der Waals surface area (Å²) in [6.45, 7) is 4.63. The lowest BCUT2D eigenvalue weighted by atomic mass is 9.89. The minimum absolute atomic E-state index is 0.141. The van der Waals surface area contributed by atoms with Gasteiger partial charge in [0.1, 0.15) is 24.3 Å². The molecule has 0 spiro atoms. The molecule has 2 saturated heterocycles. The standard InChI is InChI=1S/C26H30FNO4/c1-18-6-7-20(15-24(18)27)19-8-11-28(12-9-19)16-23(29)17-32-25-5-3-2-4-21(25)14-22-10-13-31-26(22)30/h2-7,14-15,19,23,29H,8-13,16-17H2,1H3. The molecule has 1 unspecified atom stereocenters. The molecule has 5 nitrogen and oxygen atoms in total. The molecular weight excluding hydrogens is 409 g/mol. The number of ether oxygens (including phenoxy) is 2. The van der Waals surface area contributed by atoms with Crippen LogP contribution in [-0.4, -0.2) is 54.9 Å². The lowest BCUT2D eigenvalue weighted by molar-refractivity contribution is -0.134. The third kappa shape index (κ3) is 5.56. The van der Waals surface area contributed by atoms with Crippen molar-refractivity contribution in [1.82, 2.24) is 4.90 Å². The molecule has 0 bridgehead atoms. The Bertz CT molecular complexity index is 982. The van der Waals surface area contributed by atoms with Crippen molar-refractivity contribution in [1.29, 1.82) is 0 Å². The highest BCUT2D eigenvalue weighted by Gasteiger charge is 2.23. The monoisotopic (exact) mass is 439 g/mol. The van der Waals surface area contributed by atoms with Crippen LogP contribution in [0.2, 0.25) is 0 Å². The number of likely N-dealkylation sites (tertiary alicyclic amines) is 1. The maximum Gasteiger partial charge on any atom is 0.334 e. The Morgan fingerprint density at radius 2 is 2.03 bits per heavy atom. The van der Waals surface area contributed by atoms with E-state index in [-0.39, 0.29) is 18.4 Å². The van der Waals surface area contributed by atoms with E-state index in [9.17, 15) is 14.3 Å². The first kappa shape index (κ1) is 22.5. The topological polar surface area (TPSA) is 59.0 Å². The highest BCUT2D eigenvalue weighted by molar-refractivity contribution is 5.95. The second kappa shape index (κ2) is 10.3. The van der Waals surface area contributed by atoms with Gasteiger partial charge in [0.05, 0.1) is 6.61 Å². The van der Waals surface area contributed by atoms with E-state index < -0.39 is 6.10 Å². The van der Waals surface area contributed by atoms with Crippen LogP contribution in [0, 0.1) is 12.7 Å². The predicted octanol–water partition coefficient (Wildman–Crippen LogP) is 4.08. The number of carbonyl (C=O) groups is 1. The second-order valence-electron chi connectivity index (χ2n) is 8.64. The normalized spacial score (nSPS) is 19.8. The number of para-hydroxylation sites is 1. The Hall–Kier alpha value is -2.70. The van der Waals surface area contributed by atoms with E-state index in [0.29, 0.717) is 42.4 Å². The Labute approximate surface area is 188 Å². The van der Waals surface area contributed by atoms with Crippen molar-refractivity contribution in [2.24, 2.45) is 0 Å². The van der Waals surface area contributed by atoms with E-state index in [4.69, 9.17) is 9.47 Å². The molecule has 32 heavy (non-hydrogen) atoms. The van der Waals surface area contributed by atoms with Crippen molar-refractivity contribution in [3.05, 3.63) is 70.5 Å². The van der Waals surface area contributed by atoms with Gasteiger partial charge in [-0.15, -0.1) is 0 Å². The van der Waals surface area contributed by atoms with Gasteiger partial charge in [-0.2, -0.15) is 0 Å². The maximum atomic E-state index is 13.9. The number of esters is 1. The molecule has 170 valence electrons. The molecule has 6 heteroatoms. The van der Waals surface area contributed by atoms with Crippen molar-refractivity contribution < 1.29 is 23.8 Å². The van der Waals surface area contributed by atoms with E-state index in [2.05, 4.69) is 4.90 Å². The van der Waals surface area contributed by atoms with Crippen LogP contribution >= 0.6 is 0 Å². The van der Waals surface area contributed by atoms with Gasteiger partial charge in [-0.1, -0.05) is 30.3 Å². The van der Waals surface area contributed by atoms with Crippen molar-refractivity contribution >= 4 is 12.0 Å². The second-order valence-corrected chi connectivity index (χ2v) is 8.64. The first-order chi connectivity index (χ1) is 15.5. The average Bonchev–Trinajstić information content (AvgIpc) is 3.20. The number of aryl methyl sites for hydroxylation is 1. The number of cyclic esters (lactones) is 1. The first-order valence-electron chi connectivity index (χ1n) is 11.3. The van der Waals surface area contributed by atoms with Crippen LogP contribution < -0.4 is 4.74 Å². The minimum atomic E-state index is -0.625. The molecule has 2 heterocycles. The molecular formula is C26H30FNO4. The van der Waals surface area contributed by atoms with E-state index in [1.807, 2.05) is 36.4 Å². The van der Waals surface area contributed by atoms with Gasteiger partial charge in [0, 0.05) is 24.1 Å². The molecule has 1 atom stereocenters. The Morgan fingerprint density at radius 1 is 1.25 bits per heavy atom. The van der Waals surface area contributed by atoms with Crippen molar-refractivity contribution in [2.45, 2.75) is 38.2 Å². The SMILES string of the molecule is Cc1ccc(C2CCN(CC(O)COc3ccccc3C=C3CCOC3=O)CC2)cc1F. The van der Waals surface area contributed by atoms with Gasteiger partial charge in [-0.3, -0.25) is 0 Å². The zero-order valence-electron chi connectivity index (χ0n) is 18.4. The molecule has 0 aromatic heterocycles. The summed E-state index contributed by atoms with van der Waals surface area (Å²) in [5.41, 5.74) is 3.18. The lowest BCUT2D eigenvalue weighted by Crippen LogP contribution is -2.40. The summed E-state index contributed by atoms with van der Waals surface area (Å²) >= 11 is 0. The summed E-state index contributed by atoms with van der Waals surface area (Å²) in [4.78, 5) is 14.0. The fraction of sp³-hybridized carbons (Fsp3) is 0.423. The Kier molecular flexibility index (Phi) is 7.22. The third-order valence-electron chi connectivity index (χ3n) is 6.27. The summed E-state index contributed by atoms with van der Waals surface area (Å²) in [6, 6.07) is 13.0. The number of aliphatic hydroxyl groups is 1. The van der Waals surface area contributed by atoms with E-state index in [1.54, 1.807) is 19.1 Å². The summed E-state index contributed by atoms with van der Waals surface area (Å²) in [5, 5.41) is 10.5. The molecule has 2 fully saturated rings. The van der Waals surface area contributed by atoms with Crippen LogP contribution in [0.4, 0.5) is 4.39 Å². The van der Waals surface area contributed by atoms with E-state index >= 15 is 0 Å². The first-order valence-corrected chi connectivity index (χ1v) is 11.3. The number of aliphatic hydroxyl groups excluding tert-OH is 1. The molecule has 2 aliphatic rings. The molecule has 2 aliphatic heterocycles. The highest BCUT2D eigenvalue weighted by atomic mass is 19.1. The van der Waals surface area contributed by atoms with Crippen molar-refractivity contribution in [3.8, 4) is 5.75 Å². The number of carbonyl (C=O) groups excluding carboxylic acids is 1. The largest absolute Gasteiger partial charge is 0.490 e. The zero-order valence-corrected chi connectivity index (χ0v) is 18.4. The van der Waals surface area contributed by atoms with Gasteiger partial charge >= 0.3 is 5.97 Å². The zero-order chi connectivity index (χ0) is 22.5. The smallest absolute Gasteiger partial charge is 0.334 e. The molecule has 0 radical (unpaired) electrons. The summed E-state index contributed by atoms with van der Waals surface area (Å²) in [6.07, 6.45) is 3.67. The molecule has 0 aliphatic carbocycles. The number of rotatable bonds is 7. The summed E-state index contributed by atoms with van der Waals surface area (Å²) < 4.78 is 24.8. The highest BCUT2D eigenvalue weighted by Crippen LogP contribution is 2.29. The predicted molar refractivity (Wildman–Crippen MR) is 121 cm³/mol.